The standard InChI is InChI=1S/C14H19ClFNO/c1-10(13-3-2-12(16)8-14(13)15)17-9-11-4-6-18-7-5-11/h2-3,8,10-11,17H,4-7,9H2,1H3. The lowest BCUT2D eigenvalue weighted by atomic mass is 9.99. The van der Waals surface area contributed by atoms with Crippen LogP contribution in [0.4, 0.5) is 4.39 Å². The maximum absolute atomic E-state index is 13.0. The Kier molecular flexibility index (Phi) is 4.98. The van der Waals surface area contributed by atoms with Crippen molar-refractivity contribution in [1.29, 1.82) is 0 Å². The van der Waals surface area contributed by atoms with Gasteiger partial charge in [-0.25, -0.2) is 4.39 Å². The van der Waals surface area contributed by atoms with Gasteiger partial charge < -0.3 is 10.1 Å². The van der Waals surface area contributed by atoms with Gasteiger partial charge in [0.2, 0.25) is 0 Å². The first-order valence-electron chi connectivity index (χ1n) is 6.43. The zero-order valence-corrected chi connectivity index (χ0v) is 11.3. The molecule has 0 spiro atoms. The minimum Gasteiger partial charge on any atom is -0.381 e. The number of hydrogen-bond acceptors (Lipinski definition) is 2. The van der Waals surface area contributed by atoms with E-state index >= 15 is 0 Å². The van der Waals surface area contributed by atoms with Crippen molar-refractivity contribution in [2.75, 3.05) is 19.8 Å². The number of rotatable bonds is 4. The molecule has 0 amide bonds. The molecule has 1 aromatic carbocycles. The van der Waals surface area contributed by atoms with Crippen molar-refractivity contribution < 1.29 is 9.13 Å². The summed E-state index contributed by atoms with van der Waals surface area (Å²) in [4.78, 5) is 0. The molecule has 1 N–H and O–H groups in total. The van der Waals surface area contributed by atoms with Crippen LogP contribution >= 0.6 is 11.6 Å². The number of halogens is 2. The van der Waals surface area contributed by atoms with Crippen LogP contribution in [-0.4, -0.2) is 19.8 Å². The highest BCUT2D eigenvalue weighted by atomic mass is 35.5. The molecule has 2 rings (SSSR count). The van der Waals surface area contributed by atoms with Gasteiger partial charge in [-0.2, -0.15) is 0 Å². The van der Waals surface area contributed by atoms with Gasteiger partial charge in [0.15, 0.2) is 0 Å². The smallest absolute Gasteiger partial charge is 0.124 e. The average Bonchev–Trinajstić information content (AvgIpc) is 2.37. The molecule has 0 bridgehead atoms. The van der Waals surface area contributed by atoms with Crippen LogP contribution in [0.2, 0.25) is 5.02 Å². The Morgan fingerprint density at radius 3 is 2.83 bits per heavy atom. The molecule has 1 aliphatic heterocycles. The fourth-order valence-electron chi connectivity index (χ4n) is 2.26. The molecule has 100 valence electrons. The van der Waals surface area contributed by atoms with E-state index in [2.05, 4.69) is 12.2 Å². The summed E-state index contributed by atoms with van der Waals surface area (Å²) in [5.74, 6) is 0.376. The van der Waals surface area contributed by atoms with Crippen molar-refractivity contribution in [3.8, 4) is 0 Å². The van der Waals surface area contributed by atoms with Gasteiger partial charge in [0, 0.05) is 24.3 Å². The topological polar surface area (TPSA) is 21.3 Å². The van der Waals surface area contributed by atoms with E-state index in [-0.39, 0.29) is 11.9 Å². The Morgan fingerprint density at radius 2 is 2.17 bits per heavy atom. The van der Waals surface area contributed by atoms with Gasteiger partial charge in [-0.1, -0.05) is 17.7 Å². The maximum atomic E-state index is 13.0. The molecule has 0 aromatic heterocycles. The highest BCUT2D eigenvalue weighted by Gasteiger charge is 2.16. The third-order valence-electron chi connectivity index (χ3n) is 3.48. The first-order valence-corrected chi connectivity index (χ1v) is 6.80. The lowest BCUT2D eigenvalue weighted by molar-refractivity contribution is 0.0656. The molecular weight excluding hydrogens is 253 g/mol. The van der Waals surface area contributed by atoms with Gasteiger partial charge in [0.25, 0.3) is 0 Å². The number of nitrogens with one attached hydrogen (secondary N) is 1. The third-order valence-corrected chi connectivity index (χ3v) is 3.81. The molecule has 1 atom stereocenters. The van der Waals surface area contributed by atoms with Gasteiger partial charge in [0.05, 0.1) is 0 Å². The second kappa shape index (κ2) is 6.50. The van der Waals surface area contributed by atoms with Crippen LogP contribution in [0.3, 0.4) is 0 Å². The quantitative estimate of drug-likeness (QED) is 0.904. The van der Waals surface area contributed by atoms with Crippen LogP contribution in [-0.2, 0) is 4.74 Å². The Labute approximate surface area is 112 Å². The predicted molar refractivity (Wildman–Crippen MR) is 71.4 cm³/mol. The number of hydrogen-bond donors (Lipinski definition) is 1. The van der Waals surface area contributed by atoms with Crippen LogP contribution in [0.5, 0.6) is 0 Å². The molecule has 0 radical (unpaired) electrons. The highest BCUT2D eigenvalue weighted by Crippen LogP contribution is 2.24. The molecule has 1 heterocycles. The summed E-state index contributed by atoms with van der Waals surface area (Å²) in [6.45, 7) is 4.73. The van der Waals surface area contributed by atoms with Crippen LogP contribution in [0.25, 0.3) is 0 Å². The van der Waals surface area contributed by atoms with E-state index < -0.39 is 0 Å². The SMILES string of the molecule is CC(NCC1CCOCC1)c1ccc(F)cc1Cl. The van der Waals surface area contributed by atoms with E-state index in [9.17, 15) is 4.39 Å². The number of ether oxygens (including phenoxy) is 1. The van der Waals surface area contributed by atoms with Crippen molar-refractivity contribution in [2.45, 2.75) is 25.8 Å². The summed E-state index contributed by atoms with van der Waals surface area (Å²) < 4.78 is 18.3. The first kappa shape index (κ1) is 13.8. The van der Waals surface area contributed by atoms with Gasteiger partial charge in [-0.05, 0) is 49.9 Å². The van der Waals surface area contributed by atoms with Crippen LogP contribution < -0.4 is 5.32 Å². The van der Waals surface area contributed by atoms with Crippen molar-refractivity contribution in [2.24, 2.45) is 5.92 Å². The van der Waals surface area contributed by atoms with E-state index in [1.165, 1.54) is 12.1 Å². The molecule has 1 aliphatic rings. The Bertz CT molecular complexity index is 393. The normalized spacial score (nSPS) is 18.8. The van der Waals surface area contributed by atoms with Crippen LogP contribution in [0.1, 0.15) is 31.4 Å². The number of benzene rings is 1. The largest absolute Gasteiger partial charge is 0.381 e. The third kappa shape index (κ3) is 3.67. The van der Waals surface area contributed by atoms with Gasteiger partial charge in [0.1, 0.15) is 5.82 Å². The second-order valence-electron chi connectivity index (χ2n) is 4.85. The van der Waals surface area contributed by atoms with Crippen molar-refractivity contribution >= 4 is 11.6 Å². The summed E-state index contributed by atoms with van der Waals surface area (Å²) in [5.41, 5.74) is 0.949. The summed E-state index contributed by atoms with van der Waals surface area (Å²) in [7, 11) is 0. The molecule has 1 saturated heterocycles. The van der Waals surface area contributed by atoms with E-state index in [1.807, 2.05) is 0 Å². The van der Waals surface area contributed by atoms with Gasteiger partial charge >= 0.3 is 0 Å². The van der Waals surface area contributed by atoms with E-state index in [0.717, 1.165) is 38.2 Å². The highest BCUT2D eigenvalue weighted by molar-refractivity contribution is 6.31. The lowest BCUT2D eigenvalue weighted by Gasteiger charge is -2.24. The fourth-order valence-corrected chi connectivity index (χ4v) is 2.59. The molecule has 1 unspecified atom stereocenters. The van der Waals surface area contributed by atoms with Crippen molar-refractivity contribution in [3.05, 3.63) is 34.6 Å². The molecular formula is C14H19ClFNO. The van der Waals surface area contributed by atoms with Crippen LogP contribution in [0, 0.1) is 11.7 Å². The van der Waals surface area contributed by atoms with Crippen LogP contribution in [0.15, 0.2) is 18.2 Å². The molecule has 1 aromatic rings. The monoisotopic (exact) mass is 271 g/mol. The summed E-state index contributed by atoms with van der Waals surface area (Å²) in [6, 6.07) is 4.71. The zero-order chi connectivity index (χ0) is 13.0. The van der Waals surface area contributed by atoms with E-state index in [4.69, 9.17) is 16.3 Å². The molecule has 4 heteroatoms. The van der Waals surface area contributed by atoms with Gasteiger partial charge in [-0.15, -0.1) is 0 Å². The van der Waals surface area contributed by atoms with Crippen molar-refractivity contribution in [3.63, 3.8) is 0 Å². The van der Waals surface area contributed by atoms with Gasteiger partial charge in [-0.3, -0.25) is 0 Å². The molecule has 0 saturated carbocycles. The second-order valence-corrected chi connectivity index (χ2v) is 5.26. The maximum Gasteiger partial charge on any atom is 0.124 e. The molecule has 1 fully saturated rings. The Balaban J connectivity index is 1.88. The van der Waals surface area contributed by atoms with E-state index in [1.54, 1.807) is 6.07 Å². The first-order chi connectivity index (χ1) is 8.66. The zero-order valence-electron chi connectivity index (χ0n) is 10.6. The summed E-state index contributed by atoms with van der Waals surface area (Å²) in [6.07, 6.45) is 2.22. The Morgan fingerprint density at radius 1 is 1.44 bits per heavy atom. The predicted octanol–water partition coefficient (Wildman–Crippen LogP) is 3.56. The van der Waals surface area contributed by atoms with E-state index in [0.29, 0.717) is 10.9 Å². The minimum atomic E-state index is -0.291. The van der Waals surface area contributed by atoms with Crippen molar-refractivity contribution in [1.82, 2.24) is 5.32 Å². The summed E-state index contributed by atoms with van der Waals surface area (Å²) >= 11 is 6.05. The molecule has 0 aliphatic carbocycles. The summed E-state index contributed by atoms with van der Waals surface area (Å²) in [5, 5.41) is 3.95. The lowest BCUT2D eigenvalue weighted by Crippen LogP contribution is -2.29. The fraction of sp³-hybridized carbons (Fsp3) is 0.571. The average molecular weight is 272 g/mol. The minimum absolute atomic E-state index is 0.140. The Hall–Kier alpha value is -0.640. The molecule has 2 nitrogen and oxygen atoms in total. The molecule has 18 heavy (non-hydrogen) atoms.